The zero-order valence-electron chi connectivity index (χ0n) is 15.6. The van der Waals surface area contributed by atoms with Gasteiger partial charge in [0.2, 0.25) is 5.01 Å². The first kappa shape index (κ1) is 20.7. The van der Waals surface area contributed by atoms with Crippen LogP contribution in [0.25, 0.3) is 0 Å². The van der Waals surface area contributed by atoms with Gasteiger partial charge in [-0.3, -0.25) is 4.79 Å². The van der Waals surface area contributed by atoms with E-state index in [9.17, 15) is 18.0 Å². The summed E-state index contributed by atoms with van der Waals surface area (Å²) in [6.07, 6.45) is -0.672. The van der Waals surface area contributed by atoms with E-state index in [0.29, 0.717) is 5.92 Å². The minimum absolute atomic E-state index is 0.0820. The molecule has 0 bridgehead atoms. The van der Waals surface area contributed by atoms with Crippen LogP contribution in [0.5, 0.6) is 5.19 Å². The molecule has 1 amide bonds. The van der Waals surface area contributed by atoms with Crippen molar-refractivity contribution >= 4 is 17.2 Å². The van der Waals surface area contributed by atoms with E-state index in [0.717, 1.165) is 18.5 Å². The number of carbonyl (C=O) groups is 1. The molecular weight excluding hydrogens is 367 g/mol. The average molecular weight is 391 g/mol. The number of nitrogens with zero attached hydrogens (tertiary/aromatic N) is 3. The summed E-state index contributed by atoms with van der Waals surface area (Å²) in [6, 6.07) is -0.0846. The Bertz CT molecular complexity index is 683. The van der Waals surface area contributed by atoms with E-state index in [-0.39, 0.29) is 40.5 Å². The van der Waals surface area contributed by atoms with Crippen LogP contribution >= 0.6 is 11.3 Å². The zero-order valence-corrected chi connectivity index (χ0v) is 16.4. The lowest BCUT2D eigenvalue weighted by Gasteiger charge is -2.39. The van der Waals surface area contributed by atoms with Gasteiger partial charge in [-0.05, 0) is 38.0 Å². The number of amides is 1. The molecule has 0 saturated heterocycles. The molecule has 1 aliphatic rings. The van der Waals surface area contributed by atoms with Crippen LogP contribution in [0.2, 0.25) is 0 Å². The lowest BCUT2D eigenvalue weighted by Crippen LogP contribution is -2.41. The van der Waals surface area contributed by atoms with Crippen LogP contribution in [0.4, 0.5) is 13.2 Å². The lowest BCUT2D eigenvalue weighted by atomic mass is 9.75. The maximum absolute atomic E-state index is 12.7. The standard InChI is InChI=1S/C17H24F3N3O2S/c1-10(2)23(12-6-11(3)7-16(4,5)8-12)13(24)9-25-15-22-21-14(26-15)17(18,19)20/h6,10-11H,7-9H2,1-5H3. The van der Waals surface area contributed by atoms with Crippen molar-refractivity contribution in [1.82, 2.24) is 15.1 Å². The summed E-state index contributed by atoms with van der Waals surface area (Å²) in [4.78, 5) is 14.3. The van der Waals surface area contributed by atoms with Crippen molar-refractivity contribution in [3.63, 3.8) is 0 Å². The Labute approximate surface area is 155 Å². The fraction of sp³-hybridized carbons (Fsp3) is 0.706. The van der Waals surface area contributed by atoms with Crippen LogP contribution < -0.4 is 4.74 Å². The van der Waals surface area contributed by atoms with Crippen molar-refractivity contribution < 1.29 is 22.7 Å². The predicted octanol–water partition coefficient (Wildman–Crippen LogP) is 4.51. The molecule has 5 nitrogen and oxygen atoms in total. The minimum Gasteiger partial charge on any atom is -0.459 e. The summed E-state index contributed by atoms with van der Waals surface area (Å²) in [5.41, 5.74) is 1.02. The third-order valence-electron chi connectivity index (χ3n) is 4.07. The molecule has 0 N–H and O–H groups in total. The monoisotopic (exact) mass is 391 g/mol. The van der Waals surface area contributed by atoms with Crippen LogP contribution in [0.15, 0.2) is 11.8 Å². The van der Waals surface area contributed by atoms with Gasteiger partial charge in [0.05, 0.1) is 0 Å². The summed E-state index contributed by atoms with van der Waals surface area (Å²) in [7, 11) is 0. The van der Waals surface area contributed by atoms with Crippen LogP contribution in [-0.4, -0.2) is 33.7 Å². The first-order valence-corrected chi connectivity index (χ1v) is 9.27. The van der Waals surface area contributed by atoms with Gasteiger partial charge >= 0.3 is 6.18 Å². The first-order valence-electron chi connectivity index (χ1n) is 8.45. The maximum atomic E-state index is 12.7. The molecule has 2 rings (SSSR count). The quantitative estimate of drug-likeness (QED) is 0.741. The van der Waals surface area contributed by atoms with Crippen molar-refractivity contribution in [1.29, 1.82) is 0 Å². The highest BCUT2D eigenvalue weighted by Gasteiger charge is 2.36. The van der Waals surface area contributed by atoms with E-state index in [1.165, 1.54) is 0 Å². The Kier molecular flexibility index (Phi) is 5.99. The van der Waals surface area contributed by atoms with Crippen molar-refractivity contribution in [2.75, 3.05) is 6.61 Å². The SMILES string of the molecule is CC1C=C(N(C(=O)COc2nnc(C(F)(F)F)s2)C(C)C)CC(C)(C)C1. The van der Waals surface area contributed by atoms with Gasteiger partial charge in [0.25, 0.3) is 11.1 Å². The topological polar surface area (TPSA) is 55.3 Å². The molecule has 1 heterocycles. The highest BCUT2D eigenvalue weighted by Crippen LogP contribution is 2.40. The van der Waals surface area contributed by atoms with Gasteiger partial charge in [-0.1, -0.05) is 43.3 Å². The van der Waals surface area contributed by atoms with Crippen LogP contribution in [-0.2, 0) is 11.0 Å². The van der Waals surface area contributed by atoms with Gasteiger partial charge in [0.1, 0.15) is 0 Å². The normalized spacial score (nSPS) is 20.0. The molecule has 0 aliphatic heterocycles. The molecule has 1 unspecified atom stereocenters. The molecule has 1 aromatic rings. The summed E-state index contributed by atoms with van der Waals surface area (Å²) >= 11 is 0.283. The Morgan fingerprint density at radius 3 is 2.58 bits per heavy atom. The van der Waals surface area contributed by atoms with Gasteiger partial charge in [0.15, 0.2) is 6.61 Å². The zero-order chi connectivity index (χ0) is 19.7. The fourth-order valence-electron chi connectivity index (χ4n) is 3.40. The second-order valence-corrected chi connectivity index (χ2v) is 8.64. The number of allylic oxidation sites excluding steroid dienone is 2. The van der Waals surface area contributed by atoms with Crippen LogP contribution in [0, 0.1) is 11.3 Å². The van der Waals surface area contributed by atoms with Gasteiger partial charge in [-0.15, -0.1) is 5.10 Å². The molecule has 9 heteroatoms. The third-order valence-corrected chi connectivity index (χ3v) is 4.95. The van der Waals surface area contributed by atoms with Gasteiger partial charge < -0.3 is 9.64 Å². The smallest absolute Gasteiger partial charge is 0.445 e. The summed E-state index contributed by atoms with van der Waals surface area (Å²) < 4.78 is 42.8. The summed E-state index contributed by atoms with van der Waals surface area (Å²) in [5.74, 6) is 0.0427. The second-order valence-electron chi connectivity index (χ2n) is 7.70. The first-order chi connectivity index (χ1) is 11.9. The highest BCUT2D eigenvalue weighted by molar-refractivity contribution is 7.13. The van der Waals surface area contributed by atoms with E-state index in [1.54, 1.807) is 4.90 Å². The van der Waals surface area contributed by atoms with E-state index < -0.39 is 11.2 Å². The Morgan fingerprint density at radius 1 is 1.42 bits per heavy atom. The predicted molar refractivity (Wildman–Crippen MR) is 92.7 cm³/mol. The Hall–Kier alpha value is -1.64. The third kappa shape index (κ3) is 5.18. The highest BCUT2D eigenvalue weighted by atomic mass is 32.1. The molecular formula is C17H24F3N3O2S. The van der Waals surface area contributed by atoms with Crippen LogP contribution in [0.3, 0.4) is 0 Å². The molecule has 146 valence electrons. The number of alkyl halides is 3. The molecule has 26 heavy (non-hydrogen) atoms. The average Bonchev–Trinajstić information content (AvgIpc) is 2.91. The summed E-state index contributed by atoms with van der Waals surface area (Å²) in [5, 5.41) is 5.04. The Morgan fingerprint density at radius 2 is 2.08 bits per heavy atom. The molecule has 0 aromatic carbocycles. The number of carbonyl (C=O) groups excluding carboxylic acids is 1. The largest absolute Gasteiger partial charge is 0.459 e. The molecule has 0 radical (unpaired) electrons. The number of halogens is 3. The van der Waals surface area contributed by atoms with E-state index >= 15 is 0 Å². The number of aromatic nitrogens is 2. The minimum atomic E-state index is -4.57. The number of rotatable bonds is 5. The van der Waals surface area contributed by atoms with Crippen molar-refractivity contribution in [2.45, 2.75) is 59.7 Å². The van der Waals surface area contributed by atoms with Gasteiger partial charge in [-0.2, -0.15) is 13.2 Å². The number of ether oxygens (including phenoxy) is 1. The van der Waals surface area contributed by atoms with Crippen molar-refractivity contribution in [3.05, 3.63) is 16.8 Å². The molecule has 1 atom stereocenters. The Balaban J connectivity index is 2.08. The number of hydrogen-bond donors (Lipinski definition) is 0. The molecule has 1 aliphatic carbocycles. The molecule has 0 spiro atoms. The van der Waals surface area contributed by atoms with Gasteiger partial charge in [0, 0.05) is 11.7 Å². The second kappa shape index (κ2) is 7.54. The van der Waals surface area contributed by atoms with E-state index in [4.69, 9.17) is 4.74 Å². The van der Waals surface area contributed by atoms with E-state index in [2.05, 4.69) is 37.0 Å². The molecule has 1 aromatic heterocycles. The van der Waals surface area contributed by atoms with Gasteiger partial charge in [-0.25, -0.2) is 0 Å². The number of hydrogen-bond acceptors (Lipinski definition) is 5. The lowest BCUT2D eigenvalue weighted by molar-refractivity contribution is -0.138. The summed E-state index contributed by atoms with van der Waals surface area (Å²) in [6.45, 7) is 9.86. The molecule has 0 fully saturated rings. The maximum Gasteiger partial charge on any atom is 0.445 e. The molecule has 0 saturated carbocycles. The van der Waals surface area contributed by atoms with Crippen molar-refractivity contribution in [3.8, 4) is 5.19 Å². The van der Waals surface area contributed by atoms with Crippen LogP contribution in [0.1, 0.15) is 52.5 Å². The van der Waals surface area contributed by atoms with Crippen molar-refractivity contribution in [2.24, 2.45) is 11.3 Å². The fourth-order valence-corrected chi connectivity index (χ4v) is 3.96. The van der Waals surface area contributed by atoms with E-state index in [1.807, 2.05) is 13.8 Å².